The molecular weight excluding hydrogens is 596 g/mol. The molecule has 3 aromatic rings. The van der Waals surface area contributed by atoms with Crippen LogP contribution in [0.25, 0.3) is 0 Å². The lowest BCUT2D eigenvalue weighted by Crippen LogP contribution is -2.49. The molecule has 9 heteroatoms. The van der Waals surface area contributed by atoms with Crippen LogP contribution in [0.5, 0.6) is 0 Å². The molecule has 1 aliphatic carbocycles. The Kier molecular flexibility index (Phi) is 12.0. The van der Waals surface area contributed by atoms with Gasteiger partial charge in [0.25, 0.3) is 0 Å². The fourth-order valence-corrected chi connectivity index (χ4v) is 5.65. The number of benzene rings is 3. The van der Waals surface area contributed by atoms with E-state index in [1.165, 1.54) is 18.2 Å². The summed E-state index contributed by atoms with van der Waals surface area (Å²) in [5, 5.41) is 8.73. The van der Waals surface area contributed by atoms with Crippen LogP contribution in [-0.2, 0) is 27.3 Å². The summed E-state index contributed by atoms with van der Waals surface area (Å²) >= 11 is 3.40. The molecule has 0 radical (unpaired) electrons. The first-order chi connectivity index (χ1) is 20.4. The molecule has 0 heterocycles. The Bertz CT molecular complexity index is 1320. The maximum atomic E-state index is 13.4. The molecule has 42 heavy (non-hydrogen) atoms. The van der Waals surface area contributed by atoms with Crippen molar-refractivity contribution in [2.24, 2.45) is 0 Å². The number of carbonyl (C=O) groups excluding carboxylic acids is 3. The minimum atomic E-state index is -0.758. The number of fused-ring (bicyclic) bond motifs is 1. The van der Waals surface area contributed by atoms with Gasteiger partial charge in [0.15, 0.2) is 0 Å². The molecule has 2 atom stereocenters. The first kappa shape index (κ1) is 31.3. The summed E-state index contributed by atoms with van der Waals surface area (Å²) in [7, 11) is 1.40. The molecule has 0 fully saturated rings. The SMILES string of the molecule is COC(=O)CCCN(CC[C@@H](NC(=O)Nc1ccc(Br)cc1)C(=O)NCc1ccccc1)C1CCCc2ccccc21. The van der Waals surface area contributed by atoms with Crippen molar-refractivity contribution in [2.75, 3.05) is 25.5 Å². The van der Waals surface area contributed by atoms with Gasteiger partial charge in [-0.2, -0.15) is 0 Å². The number of urea groups is 1. The van der Waals surface area contributed by atoms with E-state index in [-0.39, 0.29) is 17.9 Å². The number of carbonyl (C=O) groups is 3. The average molecular weight is 636 g/mol. The van der Waals surface area contributed by atoms with E-state index in [0.717, 1.165) is 29.3 Å². The molecule has 0 saturated carbocycles. The number of ether oxygens (including phenoxy) is 1. The fraction of sp³-hybridized carbons (Fsp3) is 0.364. The van der Waals surface area contributed by atoms with Crippen molar-refractivity contribution in [3.05, 3.63) is 100 Å². The number of hydrogen-bond acceptors (Lipinski definition) is 5. The molecule has 1 unspecified atom stereocenters. The van der Waals surface area contributed by atoms with E-state index in [1.54, 1.807) is 12.1 Å². The lowest BCUT2D eigenvalue weighted by atomic mass is 9.86. The summed E-state index contributed by atoms with van der Waals surface area (Å²) in [6.45, 7) is 1.62. The quantitative estimate of drug-likeness (QED) is 0.201. The lowest BCUT2D eigenvalue weighted by Gasteiger charge is -2.36. The summed E-state index contributed by atoms with van der Waals surface area (Å²) < 4.78 is 5.76. The molecule has 4 rings (SSSR count). The first-order valence-electron chi connectivity index (χ1n) is 14.5. The van der Waals surface area contributed by atoms with Gasteiger partial charge in [-0.25, -0.2) is 4.79 Å². The van der Waals surface area contributed by atoms with E-state index in [2.05, 4.69) is 61.0 Å². The highest BCUT2D eigenvalue weighted by molar-refractivity contribution is 9.10. The van der Waals surface area contributed by atoms with Crippen LogP contribution in [0.2, 0.25) is 0 Å². The molecule has 3 aromatic carbocycles. The monoisotopic (exact) mass is 634 g/mol. The first-order valence-corrected chi connectivity index (χ1v) is 15.3. The molecule has 0 aliphatic heterocycles. The normalized spacial score (nSPS) is 14.9. The van der Waals surface area contributed by atoms with E-state index < -0.39 is 12.1 Å². The van der Waals surface area contributed by atoms with Crippen LogP contribution >= 0.6 is 15.9 Å². The lowest BCUT2D eigenvalue weighted by molar-refractivity contribution is -0.140. The summed E-state index contributed by atoms with van der Waals surface area (Å²) in [5.41, 5.74) is 4.25. The van der Waals surface area contributed by atoms with Gasteiger partial charge in [0.05, 0.1) is 7.11 Å². The van der Waals surface area contributed by atoms with Gasteiger partial charge in [0, 0.05) is 35.7 Å². The van der Waals surface area contributed by atoms with Gasteiger partial charge in [-0.3, -0.25) is 14.5 Å². The molecule has 0 bridgehead atoms. The Hall–Kier alpha value is -3.69. The van der Waals surface area contributed by atoms with E-state index in [1.807, 2.05) is 42.5 Å². The third kappa shape index (κ3) is 9.42. The van der Waals surface area contributed by atoms with Crippen molar-refractivity contribution >= 4 is 39.5 Å². The molecule has 8 nitrogen and oxygen atoms in total. The van der Waals surface area contributed by atoms with Crippen molar-refractivity contribution in [1.82, 2.24) is 15.5 Å². The number of rotatable bonds is 13. The van der Waals surface area contributed by atoms with Crippen LogP contribution in [0, 0.1) is 0 Å². The van der Waals surface area contributed by atoms with E-state index in [4.69, 9.17) is 4.74 Å². The minimum absolute atomic E-state index is 0.178. The number of esters is 1. The maximum absolute atomic E-state index is 13.4. The Labute approximate surface area is 256 Å². The molecule has 0 aromatic heterocycles. The highest BCUT2D eigenvalue weighted by atomic mass is 79.9. The maximum Gasteiger partial charge on any atom is 0.319 e. The second-order valence-electron chi connectivity index (χ2n) is 10.5. The Morgan fingerprint density at radius 2 is 1.71 bits per heavy atom. The highest BCUT2D eigenvalue weighted by Crippen LogP contribution is 2.34. The zero-order valence-corrected chi connectivity index (χ0v) is 25.6. The summed E-state index contributed by atoms with van der Waals surface area (Å²) in [6.07, 6.45) is 4.50. The zero-order valence-electron chi connectivity index (χ0n) is 24.0. The molecule has 3 amide bonds. The number of aryl methyl sites for hydroxylation is 1. The minimum Gasteiger partial charge on any atom is -0.469 e. The van der Waals surface area contributed by atoms with Crippen LogP contribution < -0.4 is 16.0 Å². The average Bonchev–Trinajstić information content (AvgIpc) is 3.02. The molecular formula is C33H39BrN4O4. The number of halogens is 1. The van der Waals surface area contributed by atoms with E-state index in [0.29, 0.717) is 44.6 Å². The van der Waals surface area contributed by atoms with Gasteiger partial charge in [-0.05, 0) is 79.6 Å². The molecule has 0 spiro atoms. The fourth-order valence-electron chi connectivity index (χ4n) is 5.39. The third-order valence-corrected chi connectivity index (χ3v) is 8.10. The number of anilines is 1. The third-order valence-electron chi connectivity index (χ3n) is 7.57. The van der Waals surface area contributed by atoms with Crippen molar-refractivity contribution in [3.8, 4) is 0 Å². The van der Waals surface area contributed by atoms with Gasteiger partial charge in [0.1, 0.15) is 6.04 Å². The van der Waals surface area contributed by atoms with Gasteiger partial charge in [-0.15, -0.1) is 0 Å². The van der Waals surface area contributed by atoms with E-state index in [9.17, 15) is 14.4 Å². The number of hydrogen-bond donors (Lipinski definition) is 3. The van der Waals surface area contributed by atoms with Gasteiger partial charge in [-0.1, -0.05) is 70.5 Å². The summed E-state index contributed by atoms with van der Waals surface area (Å²) in [6, 6.07) is 24.4. The van der Waals surface area contributed by atoms with Crippen LogP contribution in [0.1, 0.15) is 54.8 Å². The van der Waals surface area contributed by atoms with Crippen molar-refractivity contribution in [2.45, 2.75) is 57.2 Å². The second-order valence-corrected chi connectivity index (χ2v) is 11.4. The van der Waals surface area contributed by atoms with Gasteiger partial charge < -0.3 is 20.7 Å². The predicted molar refractivity (Wildman–Crippen MR) is 168 cm³/mol. The number of amides is 3. The molecule has 222 valence electrons. The molecule has 1 aliphatic rings. The highest BCUT2D eigenvalue weighted by Gasteiger charge is 2.28. The standard InChI is InChI=1S/C33H39BrN4O4/c1-42-31(39)15-8-21-38(30-14-7-12-25-11-5-6-13-28(25)30)22-20-29(32(40)35-23-24-9-3-2-4-10-24)37-33(41)36-27-18-16-26(34)17-19-27/h2-6,9-11,13,16-19,29-30H,7-8,12,14-15,20-23H2,1H3,(H,35,40)(H2,36,37,41)/t29-,30?/m1/s1. The van der Waals surface area contributed by atoms with Crippen molar-refractivity contribution in [3.63, 3.8) is 0 Å². The van der Waals surface area contributed by atoms with Crippen LogP contribution in [0.15, 0.2) is 83.3 Å². The topological polar surface area (TPSA) is 99.8 Å². The zero-order chi connectivity index (χ0) is 29.7. The van der Waals surface area contributed by atoms with Crippen LogP contribution in [0.3, 0.4) is 0 Å². The Balaban J connectivity index is 1.48. The molecule has 0 saturated heterocycles. The number of methoxy groups -OCH3 is 1. The summed E-state index contributed by atoms with van der Waals surface area (Å²) in [5.74, 6) is -0.480. The van der Waals surface area contributed by atoms with Gasteiger partial charge in [0.2, 0.25) is 5.91 Å². The summed E-state index contributed by atoms with van der Waals surface area (Å²) in [4.78, 5) is 40.6. The Morgan fingerprint density at radius 1 is 0.976 bits per heavy atom. The Morgan fingerprint density at radius 3 is 2.48 bits per heavy atom. The largest absolute Gasteiger partial charge is 0.469 e. The van der Waals surface area contributed by atoms with Gasteiger partial charge >= 0.3 is 12.0 Å². The second kappa shape index (κ2) is 16.1. The van der Waals surface area contributed by atoms with Crippen molar-refractivity contribution < 1.29 is 19.1 Å². The van der Waals surface area contributed by atoms with E-state index >= 15 is 0 Å². The van der Waals surface area contributed by atoms with Crippen LogP contribution in [0.4, 0.5) is 10.5 Å². The smallest absolute Gasteiger partial charge is 0.319 e. The number of nitrogens with zero attached hydrogens (tertiary/aromatic N) is 1. The van der Waals surface area contributed by atoms with Crippen molar-refractivity contribution in [1.29, 1.82) is 0 Å². The number of nitrogens with one attached hydrogen (secondary N) is 3. The molecule has 3 N–H and O–H groups in total. The van der Waals surface area contributed by atoms with Crippen LogP contribution in [-0.4, -0.2) is 49.0 Å². The predicted octanol–water partition coefficient (Wildman–Crippen LogP) is 5.98.